The van der Waals surface area contributed by atoms with Crippen molar-refractivity contribution in [2.75, 3.05) is 9.80 Å². The third-order valence-electron chi connectivity index (χ3n) is 25.4. The zero-order valence-electron chi connectivity index (χ0n) is 66.0. The molecule has 2 aromatic heterocycles. The van der Waals surface area contributed by atoms with Crippen LogP contribution in [-0.2, 0) is 10.8 Å². The molecule has 0 saturated carbocycles. The highest BCUT2D eigenvalue weighted by molar-refractivity contribution is 6.13. The molecule has 558 valence electrons. The molecule has 2 aliphatic carbocycles. The lowest BCUT2D eigenvalue weighted by Crippen LogP contribution is -2.28. The van der Waals surface area contributed by atoms with Gasteiger partial charge in [-0.2, -0.15) is 0 Å². The number of aryl methyl sites for hydroxylation is 4. The molecular formula is C114H80N2O2. The van der Waals surface area contributed by atoms with Crippen LogP contribution >= 0.6 is 0 Å². The Morgan fingerprint density at radius 3 is 0.890 bits per heavy atom. The summed E-state index contributed by atoms with van der Waals surface area (Å²) in [6.45, 7) is 9.03. The number of fused-ring (bicyclic) bond motifs is 12. The van der Waals surface area contributed by atoms with E-state index in [9.17, 15) is 0 Å². The van der Waals surface area contributed by atoms with Crippen LogP contribution in [0.2, 0.25) is 0 Å². The predicted octanol–water partition coefficient (Wildman–Crippen LogP) is 30.7. The third-order valence-corrected chi connectivity index (χ3v) is 25.4. The lowest BCUT2D eigenvalue weighted by Gasteiger charge is -2.34. The SMILES string of the molecule is Cc1cc(-c2ccc(N(c3ccc(-c4ccc5c(c4)C(c4ccccc4)(c4ccccc4)c4ccccc4-5)cc3)c3c(C)cccc3-c3cccc4c3oc3ccccc34)c(C)c2)ccc1N(c1ccc(-c2ccc3c(c2)C(c2ccccc2)(c2ccccc2)c2ccccc2-3)cc1)c1c(C)cccc1-c1cccc2c1oc1ccccc12. The summed E-state index contributed by atoms with van der Waals surface area (Å²) in [5, 5.41) is 4.38. The maximum atomic E-state index is 6.89. The second-order valence-electron chi connectivity index (χ2n) is 31.8. The second kappa shape index (κ2) is 28.0. The normalized spacial score (nSPS) is 12.9. The van der Waals surface area contributed by atoms with Crippen LogP contribution in [0.15, 0.2) is 421 Å². The lowest BCUT2D eigenvalue weighted by molar-refractivity contribution is 0.669. The molecule has 4 nitrogen and oxygen atoms in total. The van der Waals surface area contributed by atoms with E-state index in [1.807, 2.05) is 0 Å². The average Bonchev–Trinajstić information content (AvgIpc) is 1.54. The Balaban J connectivity index is 0.669. The van der Waals surface area contributed by atoms with Gasteiger partial charge < -0.3 is 18.6 Å². The van der Waals surface area contributed by atoms with Crippen molar-refractivity contribution in [2.24, 2.45) is 0 Å². The fourth-order valence-electron chi connectivity index (χ4n) is 20.1. The van der Waals surface area contributed by atoms with Gasteiger partial charge in [0.2, 0.25) is 0 Å². The summed E-state index contributed by atoms with van der Waals surface area (Å²) >= 11 is 0. The number of nitrogens with zero attached hydrogens (tertiary/aromatic N) is 2. The number of furan rings is 2. The summed E-state index contributed by atoms with van der Waals surface area (Å²) in [5.74, 6) is 0. The van der Waals surface area contributed by atoms with E-state index in [0.717, 1.165) is 156 Å². The second-order valence-corrected chi connectivity index (χ2v) is 31.8. The quantitative estimate of drug-likeness (QED) is 0.102. The molecule has 0 N–H and O–H groups in total. The highest BCUT2D eigenvalue weighted by Gasteiger charge is 2.48. The van der Waals surface area contributed by atoms with Gasteiger partial charge in [-0.1, -0.05) is 340 Å². The minimum atomic E-state index is -0.523. The van der Waals surface area contributed by atoms with Gasteiger partial charge in [0.15, 0.2) is 0 Å². The van der Waals surface area contributed by atoms with Crippen molar-refractivity contribution in [1.29, 1.82) is 0 Å². The largest absolute Gasteiger partial charge is 0.455 e. The molecule has 118 heavy (non-hydrogen) atoms. The number of hydrogen-bond donors (Lipinski definition) is 0. The van der Waals surface area contributed by atoms with E-state index in [0.29, 0.717) is 0 Å². The molecule has 0 atom stereocenters. The van der Waals surface area contributed by atoms with E-state index >= 15 is 0 Å². The Hall–Kier alpha value is -14.8. The summed E-state index contributed by atoms with van der Waals surface area (Å²) in [4.78, 5) is 4.97. The molecule has 20 aromatic rings. The summed E-state index contributed by atoms with van der Waals surface area (Å²) in [5.41, 5.74) is 39.6. The minimum Gasteiger partial charge on any atom is -0.455 e. The van der Waals surface area contributed by atoms with Crippen molar-refractivity contribution < 1.29 is 8.83 Å². The highest BCUT2D eigenvalue weighted by atomic mass is 16.3. The number of rotatable bonds is 15. The van der Waals surface area contributed by atoms with Gasteiger partial charge in [0, 0.05) is 66.5 Å². The van der Waals surface area contributed by atoms with Crippen LogP contribution in [0.3, 0.4) is 0 Å². The Morgan fingerprint density at radius 2 is 0.500 bits per heavy atom. The molecule has 4 heteroatoms. The van der Waals surface area contributed by atoms with Crippen molar-refractivity contribution in [3.05, 3.63) is 479 Å². The Bertz CT molecular complexity index is 6820. The zero-order chi connectivity index (χ0) is 78.7. The Labute approximate surface area is 687 Å². The topological polar surface area (TPSA) is 32.8 Å². The number of benzene rings is 18. The highest BCUT2D eigenvalue weighted by Crippen LogP contribution is 2.60. The lowest BCUT2D eigenvalue weighted by atomic mass is 9.67. The molecule has 0 bridgehead atoms. The third kappa shape index (κ3) is 10.9. The fourth-order valence-corrected chi connectivity index (χ4v) is 20.1. The van der Waals surface area contributed by atoms with E-state index in [2.05, 4.69) is 450 Å². The average molecular weight is 1510 g/mol. The molecule has 0 aliphatic heterocycles. The maximum Gasteiger partial charge on any atom is 0.143 e. The standard InChI is InChI=1S/C114H80N2O2/c1-73-29-25-43-95(99-47-27-45-97-93-41-19-23-51-107(93)117-111(97)99)109(73)115(87-61-53-77(54-62-87)81-57-65-91-89-39-17-21-49-101(89)113(103(91)71-81,83-31-9-5-10-32-83)84-33-11-6-12-34-84)105-67-59-79(69-75(105)3)80-60-68-106(76(4)70-80)116(110-74(2)30-26-44-96(110)100-48-28-46-98-94-42-20-24-52-108(94)118-112(98)100)88-63-55-78(56-64-88)82-58-66-92-90-40-18-22-50-102(90)114(104(92)72-82,85-35-13-7-14-36-85)86-37-15-8-16-38-86/h5-72H,1-4H3. The van der Waals surface area contributed by atoms with Crippen LogP contribution in [0.4, 0.5) is 34.1 Å². The number of para-hydroxylation sites is 6. The molecule has 0 saturated heterocycles. The molecular weight excluding hydrogens is 1430 g/mol. The van der Waals surface area contributed by atoms with E-state index in [4.69, 9.17) is 8.83 Å². The molecule has 18 aromatic carbocycles. The van der Waals surface area contributed by atoms with Crippen LogP contribution in [-0.4, -0.2) is 0 Å². The maximum absolute atomic E-state index is 6.89. The van der Waals surface area contributed by atoms with Crippen LogP contribution in [0.1, 0.15) is 66.8 Å². The van der Waals surface area contributed by atoms with Gasteiger partial charge in [-0.15, -0.1) is 0 Å². The molecule has 0 spiro atoms. The Kier molecular flexibility index (Phi) is 16.6. The van der Waals surface area contributed by atoms with E-state index in [-0.39, 0.29) is 0 Å². The van der Waals surface area contributed by atoms with Crippen molar-refractivity contribution in [1.82, 2.24) is 0 Å². The van der Waals surface area contributed by atoms with E-state index in [1.165, 1.54) is 66.8 Å². The molecule has 22 rings (SSSR count). The first kappa shape index (κ1) is 69.8. The van der Waals surface area contributed by atoms with Crippen molar-refractivity contribution in [3.8, 4) is 77.9 Å². The van der Waals surface area contributed by atoms with Gasteiger partial charge in [-0.3, -0.25) is 0 Å². The first-order valence-corrected chi connectivity index (χ1v) is 40.9. The first-order chi connectivity index (χ1) is 58.2. The van der Waals surface area contributed by atoms with Crippen LogP contribution < -0.4 is 9.80 Å². The van der Waals surface area contributed by atoms with Gasteiger partial charge in [0.25, 0.3) is 0 Å². The first-order valence-electron chi connectivity index (χ1n) is 40.9. The zero-order valence-corrected chi connectivity index (χ0v) is 66.0. The summed E-state index contributed by atoms with van der Waals surface area (Å²) < 4.78 is 13.8. The van der Waals surface area contributed by atoms with Crippen molar-refractivity contribution in [2.45, 2.75) is 38.5 Å². The number of anilines is 6. The van der Waals surface area contributed by atoms with Crippen LogP contribution in [0.25, 0.3) is 122 Å². The minimum absolute atomic E-state index is 0.523. The van der Waals surface area contributed by atoms with Crippen molar-refractivity contribution in [3.63, 3.8) is 0 Å². The number of hydrogen-bond acceptors (Lipinski definition) is 4. The molecule has 0 unspecified atom stereocenters. The predicted molar refractivity (Wildman–Crippen MR) is 491 cm³/mol. The van der Waals surface area contributed by atoms with Crippen molar-refractivity contribution >= 4 is 78.0 Å². The molecule has 2 heterocycles. The summed E-state index contributed by atoms with van der Waals surface area (Å²) in [7, 11) is 0. The molecule has 2 aliphatic rings. The van der Waals surface area contributed by atoms with Crippen LogP contribution in [0, 0.1) is 27.7 Å². The van der Waals surface area contributed by atoms with E-state index in [1.54, 1.807) is 0 Å². The van der Waals surface area contributed by atoms with Gasteiger partial charge in [0.05, 0.1) is 22.2 Å². The monoisotopic (exact) mass is 1510 g/mol. The van der Waals surface area contributed by atoms with Crippen LogP contribution in [0.5, 0.6) is 0 Å². The molecule has 0 amide bonds. The molecule has 0 radical (unpaired) electrons. The van der Waals surface area contributed by atoms with E-state index < -0.39 is 10.8 Å². The fraction of sp³-hybridized carbons (Fsp3) is 0.0526. The summed E-state index contributed by atoms with van der Waals surface area (Å²) in [6, 6.07) is 152. The molecule has 0 fully saturated rings. The smallest absolute Gasteiger partial charge is 0.143 e. The Morgan fingerprint density at radius 1 is 0.203 bits per heavy atom. The van der Waals surface area contributed by atoms with Gasteiger partial charge in [-0.05, 0) is 223 Å². The summed E-state index contributed by atoms with van der Waals surface area (Å²) in [6.07, 6.45) is 0. The van der Waals surface area contributed by atoms with Gasteiger partial charge in [0.1, 0.15) is 22.3 Å². The van der Waals surface area contributed by atoms with Gasteiger partial charge >= 0.3 is 0 Å². The van der Waals surface area contributed by atoms with Gasteiger partial charge in [-0.25, -0.2) is 0 Å².